The summed E-state index contributed by atoms with van der Waals surface area (Å²) in [5.74, 6) is -0.935. The quantitative estimate of drug-likeness (QED) is 0.563. The van der Waals surface area contributed by atoms with E-state index in [4.69, 9.17) is 23.2 Å². The summed E-state index contributed by atoms with van der Waals surface area (Å²) in [5, 5.41) is -0.0716. The van der Waals surface area contributed by atoms with Gasteiger partial charge in [0.15, 0.2) is 5.82 Å². The van der Waals surface area contributed by atoms with E-state index in [2.05, 4.69) is 20.7 Å². The van der Waals surface area contributed by atoms with Crippen LogP contribution in [0.3, 0.4) is 0 Å². The van der Waals surface area contributed by atoms with Gasteiger partial charge in [-0.3, -0.25) is 0 Å². The largest absolute Gasteiger partial charge is 0.242 e. The van der Waals surface area contributed by atoms with E-state index in [1.165, 1.54) is 12.1 Å². The Balaban J connectivity index is 3.21. The maximum atomic E-state index is 13.6. The first-order valence-corrected chi connectivity index (χ1v) is 9.26. The lowest BCUT2D eigenvalue weighted by molar-refractivity contribution is 0.392. The Morgan fingerprint density at radius 3 is 2.50 bits per heavy atom. The summed E-state index contributed by atoms with van der Waals surface area (Å²) in [4.78, 5) is -0.310. The van der Waals surface area contributed by atoms with Crippen LogP contribution >= 0.6 is 39.1 Å². The van der Waals surface area contributed by atoms with E-state index in [1.54, 1.807) is 6.92 Å². The van der Waals surface area contributed by atoms with E-state index in [0.29, 0.717) is 18.2 Å². The average molecular weight is 407 g/mol. The minimum atomic E-state index is -3.92. The number of hydrogen-bond donors (Lipinski definition) is 1. The summed E-state index contributed by atoms with van der Waals surface area (Å²) < 4.78 is 40.9. The molecule has 0 fully saturated rings. The monoisotopic (exact) mass is 405 g/mol. The highest BCUT2D eigenvalue weighted by Crippen LogP contribution is 2.30. The minimum Gasteiger partial charge on any atom is -0.207 e. The summed E-state index contributed by atoms with van der Waals surface area (Å²) in [6, 6.07) is 2.37. The molecule has 0 aliphatic carbocycles. The Labute approximate surface area is 137 Å². The van der Waals surface area contributed by atoms with Crippen LogP contribution in [0, 0.1) is 5.82 Å². The fraction of sp³-hybridized carbons (Fsp3) is 0.500. The first kappa shape index (κ1) is 18.2. The number of hydrogen-bond acceptors (Lipinski definition) is 2. The van der Waals surface area contributed by atoms with E-state index in [9.17, 15) is 12.8 Å². The van der Waals surface area contributed by atoms with Gasteiger partial charge < -0.3 is 0 Å². The van der Waals surface area contributed by atoms with E-state index in [-0.39, 0.29) is 9.92 Å². The lowest BCUT2D eigenvalue weighted by Crippen LogP contribution is -2.45. The molecule has 0 spiro atoms. The number of nitrogens with one attached hydrogen (secondary N) is 1. The Morgan fingerprint density at radius 1 is 1.40 bits per heavy atom. The molecule has 1 N–H and O–H groups in total. The van der Waals surface area contributed by atoms with Gasteiger partial charge in [0.1, 0.15) is 4.90 Å². The molecule has 1 aromatic carbocycles. The van der Waals surface area contributed by atoms with E-state index in [1.807, 2.05) is 6.92 Å². The molecule has 0 aliphatic rings. The molecule has 20 heavy (non-hydrogen) atoms. The van der Waals surface area contributed by atoms with Gasteiger partial charge in [-0.25, -0.2) is 17.5 Å². The SMILES string of the molecule is CCC(C)(CCBr)NS(=O)(=O)c1ccc(Cl)c(F)c1Cl. The fourth-order valence-electron chi connectivity index (χ4n) is 1.60. The molecule has 1 unspecified atom stereocenters. The molecule has 0 heterocycles. The molecule has 1 atom stereocenters. The molecule has 114 valence electrons. The van der Waals surface area contributed by atoms with Crippen LogP contribution in [0.4, 0.5) is 4.39 Å². The number of rotatable bonds is 6. The third-order valence-electron chi connectivity index (χ3n) is 3.10. The molecule has 8 heteroatoms. The van der Waals surface area contributed by atoms with Crippen LogP contribution in [-0.4, -0.2) is 19.3 Å². The zero-order valence-corrected chi connectivity index (χ0v) is 14.9. The Kier molecular flexibility index (Phi) is 6.29. The van der Waals surface area contributed by atoms with Crippen molar-refractivity contribution in [3.05, 3.63) is 28.0 Å². The van der Waals surface area contributed by atoms with Crippen LogP contribution in [0.15, 0.2) is 17.0 Å². The molecule has 0 saturated carbocycles. The third kappa shape index (κ3) is 4.07. The van der Waals surface area contributed by atoms with Crippen molar-refractivity contribution in [1.29, 1.82) is 0 Å². The first-order valence-electron chi connectivity index (χ1n) is 5.90. The van der Waals surface area contributed by atoms with Crippen molar-refractivity contribution in [2.45, 2.75) is 37.1 Å². The molecule has 0 saturated heterocycles. The van der Waals surface area contributed by atoms with E-state index >= 15 is 0 Å². The van der Waals surface area contributed by atoms with Crippen molar-refractivity contribution in [2.75, 3.05) is 5.33 Å². The number of sulfonamides is 1. The fourth-order valence-corrected chi connectivity index (χ4v) is 4.73. The molecule has 3 nitrogen and oxygen atoms in total. The maximum Gasteiger partial charge on any atom is 0.242 e. The van der Waals surface area contributed by atoms with Crippen LogP contribution in [0.25, 0.3) is 0 Å². The molecule has 0 aromatic heterocycles. The van der Waals surface area contributed by atoms with Gasteiger partial charge in [0.2, 0.25) is 10.0 Å². The molecule has 1 aromatic rings. The normalized spacial score (nSPS) is 15.1. The third-order valence-corrected chi connectivity index (χ3v) is 5.95. The molecule has 1 rings (SSSR count). The predicted molar refractivity (Wildman–Crippen MR) is 83.8 cm³/mol. The van der Waals surface area contributed by atoms with Crippen LogP contribution in [-0.2, 0) is 10.0 Å². The maximum absolute atomic E-state index is 13.6. The molecule has 0 aliphatic heterocycles. The lowest BCUT2D eigenvalue weighted by Gasteiger charge is -2.28. The number of benzene rings is 1. The van der Waals surface area contributed by atoms with Crippen molar-refractivity contribution >= 4 is 49.2 Å². The number of alkyl halides is 1. The summed E-state index contributed by atoms with van der Waals surface area (Å²) >= 11 is 14.6. The lowest BCUT2D eigenvalue weighted by atomic mass is 9.98. The van der Waals surface area contributed by atoms with Crippen LogP contribution in [0.1, 0.15) is 26.7 Å². The van der Waals surface area contributed by atoms with Crippen molar-refractivity contribution in [3.63, 3.8) is 0 Å². The van der Waals surface area contributed by atoms with Gasteiger partial charge in [0.05, 0.1) is 10.0 Å². The van der Waals surface area contributed by atoms with Gasteiger partial charge in [-0.15, -0.1) is 0 Å². The van der Waals surface area contributed by atoms with E-state index in [0.717, 1.165) is 0 Å². The minimum absolute atomic E-state index is 0.215. The molecule has 0 radical (unpaired) electrons. The highest BCUT2D eigenvalue weighted by atomic mass is 79.9. The summed E-state index contributed by atoms with van der Waals surface area (Å²) in [6.07, 6.45) is 1.18. The average Bonchev–Trinajstić information content (AvgIpc) is 2.35. The van der Waals surface area contributed by atoms with Gasteiger partial charge in [-0.05, 0) is 31.9 Å². The van der Waals surface area contributed by atoms with Gasteiger partial charge >= 0.3 is 0 Å². The van der Waals surface area contributed by atoms with Crippen molar-refractivity contribution < 1.29 is 12.8 Å². The smallest absolute Gasteiger partial charge is 0.207 e. The van der Waals surface area contributed by atoms with Crippen molar-refractivity contribution in [3.8, 4) is 0 Å². The highest BCUT2D eigenvalue weighted by molar-refractivity contribution is 9.09. The standard InChI is InChI=1S/C12H15BrCl2FNO2S/c1-3-12(2,6-7-13)17-20(18,19)9-5-4-8(14)11(16)10(9)15/h4-5,17H,3,6-7H2,1-2H3. The Morgan fingerprint density at radius 2 is 2.00 bits per heavy atom. The van der Waals surface area contributed by atoms with E-state index < -0.39 is 26.4 Å². The van der Waals surface area contributed by atoms with Crippen LogP contribution in [0.2, 0.25) is 10.0 Å². The highest BCUT2D eigenvalue weighted by Gasteiger charge is 2.30. The topological polar surface area (TPSA) is 46.2 Å². The van der Waals surface area contributed by atoms with Gasteiger partial charge in [0.25, 0.3) is 0 Å². The second kappa shape index (κ2) is 6.92. The van der Waals surface area contributed by atoms with Crippen molar-refractivity contribution in [1.82, 2.24) is 4.72 Å². The second-order valence-corrected chi connectivity index (χ2v) is 7.86. The molecule has 0 bridgehead atoms. The van der Waals surface area contributed by atoms with Gasteiger partial charge in [-0.1, -0.05) is 46.1 Å². The molecular formula is C12H15BrCl2FNO2S. The zero-order chi connectivity index (χ0) is 15.6. The van der Waals surface area contributed by atoms with Crippen LogP contribution in [0.5, 0.6) is 0 Å². The first-order chi connectivity index (χ1) is 9.17. The van der Waals surface area contributed by atoms with Crippen LogP contribution < -0.4 is 4.72 Å². The predicted octanol–water partition coefficient (Wildman–Crippen LogP) is 4.36. The Bertz CT molecular complexity index is 597. The van der Waals surface area contributed by atoms with Gasteiger partial charge in [-0.2, -0.15) is 0 Å². The van der Waals surface area contributed by atoms with Gasteiger partial charge in [0, 0.05) is 10.9 Å². The summed E-state index contributed by atoms with van der Waals surface area (Å²) in [7, 11) is -3.92. The molecule has 0 amide bonds. The Hall–Kier alpha value is 0.120. The number of halogens is 4. The second-order valence-electron chi connectivity index (χ2n) is 4.63. The summed E-state index contributed by atoms with van der Waals surface area (Å²) in [5.41, 5.74) is -0.637. The summed E-state index contributed by atoms with van der Waals surface area (Å²) in [6.45, 7) is 3.65. The van der Waals surface area contributed by atoms with Crippen molar-refractivity contribution in [2.24, 2.45) is 0 Å². The molecular weight excluding hydrogens is 392 g/mol. The zero-order valence-electron chi connectivity index (χ0n) is 11.0.